The molecule has 0 spiro atoms. The first-order valence-electron chi connectivity index (χ1n) is 7.24. The molecule has 1 aliphatic rings. The molecule has 1 aliphatic carbocycles. The molecule has 0 aliphatic heterocycles. The summed E-state index contributed by atoms with van der Waals surface area (Å²) >= 11 is 1.82. The molecule has 1 saturated carbocycles. The van der Waals surface area contributed by atoms with Gasteiger partial charge in [0.05, 0.1) is 11.6 Å². The van der Waals surface area contributed by atoms with E-state index >= 15 is 0 Å². The zero-order valence-corrected chi connectivity index (χ0v) is 12.8. The lowest BCUT2D eigenvalue weighted by molar-refractivity contribution is -0.0764. The van der Waals surface area contributed by atoms with Crippen LogP contribution in [-0.4, -0.2) is 18.8 Å². The van der Waals surface area contributed by atoms with Gasteiger partial charge in [-0.25, -0.2) is 0 Å². The Hall–Kier alpha value is -0.420. The number of rotatable bonds is 6. The van der Waals surface area contributed by atoms with Gasteiger partial charge in [0, 0.05) is 12.0 Å². The average Bonchev–Trinajstić information content (AvgIpc) is 2.95. The van der Waals surface area contributed by atoms with Crippen molar-refractivity contribution in [1.82, 2.24) is 5.43 Å². The molecule has 1 aromatic rings. The molecule has 0 amide bonds. The maximum atomic E-state index is 5.91. The number of aryl methyl sites for hydroxylation is 1. The molecular formula is C15H26N2OS. The summed E-state index contributed by atoms with van der Waals surface area (Å²) in [5.41, 5.74) is 2.95. The van der Waals surface area contributed by atoms with Crippen LogP contribution < -0.4 is 11.3 Å². The standard InChI is InChI=1S/C15H26N2OS/c1-12-7-9-15(18-2,10-8-12)14(17-16)6-5-13-4-3-11-19-13/h3-4,11-12,14,17H,5-10,16H2,1-2H3. The van der Waals surface area contributed by atoms with Crippen LogP contribution in [0.4, 0.5) is 0 Å². The van der Waals surface area contributed by atoms with Crippen molar-refractivity contribution in [1.29, 1.82) is 0 Å². The second-order valence-electron chi connectivity index (χ2n) is 5.79. The first-order valence-corrected chi connectivity index (χ1v) is 8.12. The maximum Gasteiger partial charge on any atom is 0.0844 e. The molecule has 4 heteroatoms. The quantitative estimate of drug-likeness (QED) is 0.622. The molecule has 19 heavy (non-hydrogen) atoms. The Morgan fingerprint density at radius 3 is 2.79 bits per heavy atom. The molecule has 1 fully saturated rings. The summed E-state index contributed by atoms with van der Waals surface area (Å²) < 4.78 is 5.91. The van der Waals surface area contributed by atoms with Crippen molar-refractivity contribution < 1.29 is 4.74 Å². The molecule has 3 N–H and O–H groups in total. The zero-order chi connectivity index (χ0) is 13.7. The second-order valence-corrected chi connectivity index (χ2v) is 6.82. The Labute approximate surface area is 120 Å². The van der Waals surface area contributed by atoms with Gasteiger partial charge in [-0.1, -0.05) is 13.0 Å². The van der Waals surface area contributed by atoms with Crippen LogP contribution in [0.25, 0.3) is 0 Å². The van der Waals surface area contributed by atoms with Gasteiger partial charge in [-0.3, -0.25) is 11.3 Å². The minimum absolute atomic E-state index is 0.0709. The van der Waals surface area contributed by atoms with Gasteiger partial charge in [0.1, 0.15) is 0 Å². The average molecular weight is 282 g/mol. The number of methoxy groups -OCH3 is 1. The van der Waals surface area contributed by atoms with Crippen LogP contribution in [0.2, 0.25) is 0 Å². The largest absolute Gasteiger partial charge is 0.377 e. The maximum absolute atomic E-state index is 5.91. The van der Waals surface area contributed by atoms with Gasteiger partial charge in [0.25, 0.3) is 0 Å². The van der Waals surface area contributed by atoms with Gasteiger partial charge in [-0.2, -0.15) is 0 Å². The fraction of sp³-hybridized carbons (Fsp3) is 0.733. The highest BCUT2D eigenvalue weighted by Gasteiger charge is 2.40. The van der Waals surface area contributed by atoms with Gasteiger partial charge in [0.2, 0.25) is 0 Å². The SMILES string of the molecule is COC1(C(CCc2cccs2)NN)CCC(C)CC1. The number of hydrogen-bond acceptors (Lipinski definition) is 4. The predicted octanol–water partition coefficient (Wildman–Crippen LogP) is 3.11. The monoisotopic (exact) mass is 282 g/mol. The number of hydrogen-bond donors (Lipinski definition) is 2. The molecule has 3 nitrogen and oxygen atoms in total. The van der Waals surface area contributed by atoms with E-state index in [1.54, 1.807) is 0 Å². The molecule has 0 aromatic carbocycles. The Bertz CT molecular complexity index is 358. The van der Waals surface area contributed by atoms with E-state index in [1.165, 1.54) is 17.7 Å². The van der Waals surface area contributed by atoms with Crippen molar-refractivity contribution in [3.63, 3.8) is 0 Å². The van der Waals surface area contributed by atoms with Gasteiger partial charge in [0.15, 0.2) is 0 Å². The summed E-state index contributed by atoms with van der Waals surface area (Å²) in [5.74, 6) is 6.63. The third-order valence-corrected chi connectivity index (χ3v) is 5.56. The van der Waals surface area contributed by atoms with Crippen molar-refractivity contribution in [2.45, 2.75) is 57.1 Å². The molecule has 2 rings (SSSR count). The summed E-state index contributed by atoms with van der Waals surface area (Å²) in [6.07, 6.45) is 6.83. The lowest BCUT2D eigenvalue weighted by Crippen LogP contribution is -2.56. The minimum Gasteiger partial charge on any atom is -0.377 e. The summed E-state index contributed by atoms with van der Waals surface area (Å²) in [4.78, 5) is 1.43. The highest BCUT2D eigenvalue weighted by atomic mass is 32.1. The molecular weight excluding hydrogens is 256 g/mol. The number of thiophene rings is 1. The summed E-state index contributed by atoms with van der Waals surface area (Å²) in [5, 5.41) is 2.13. The third kappa shape index (κ3) is 3.57. The Balaban J connectivity index is 1.97. The highest BCUT2D eigenvalue weighted by molar-refractivity contribution is 7.09. The van der Waals surface area contributed by atoms with Crippen LogP contribution in [0.5, 0.6) is 0 Å². The van der Waals surface area contributed by atoms with E-state index in [4.69, 9.17) is 10.6 Å². The van der Waals surface area contributed by atoms with Gasteiger partial charge in [-0.05, 0) is 55.9 Å². The Morgan fingerprint density at radius 2 is 2.26 bits per heavy atom. The van der Waals surface area contributed by atoms with E-state index in [0.29, 0.717) is 0 Å². The normalized spacial score (nSPS) is 29.3. The smallest absolute Gasteiger partial charge is 0.0844 e. The van der Waals surface area contributed by atoms with Crippen molar-refractivity contribution >= 4 is 11.3 Å². The highest BCUT2D eigenvalue weighted by Crippen LogP contribution is 2.38. The van der Waals surface area contributed by atoms with Gasteiger partial charge >= 0.3 is 0 Å². The molecule has 1 unspecified atom stereocenters. The summed E-state index contributed by atoms with van der Waals surface area (Å²) in [6, 6.07) is 4.55. The zero-order valence-electron chi connectivity index (χ0n) is 12.0. The van der Waals surface area contributed by atoms with Crippen LogP contribution in [0, 0.1) is 5.92 Å². The summed E-state index contributed by atoms with van der Waals surface area (Å²) in [7, 11) is 1.84. The van der Waals surface area contributed by atoms with E-state index in [1.807, 2.05) is 18.4 Å². The second kappa shape index (κ2) is 6.84. The van der Waals surface area contributed by atoms with Gasteiger partial charge in [-0.15, -0.1) is 11.3 Å². The van der Waals surface area contributed by atoms with E-state index in [0.717, 1.165) is 31.6 Å². The van der Waals surface area contributed by atoms with Crippen LogP contribution in [0.1, 0.15) is 43.9 Å². The van der Waals surface area contributed by atoms with E-state index < -0.39 is 0 Å². The van der Waals surface area contributed by atoms with Crippen molar-refractivity contribution in [2.75, 3.05) is 7.11 Å². The van der Waals surface area contributed by atoms with E-state index in [2.05, 4.69) is 29.9 Å². The van der Waals surface area contributed by atoms with Crippen molar-refractivity contribution in [2.24, 2.45) is 11.8 Å². The molecule has 1 atom stereocenters. The molecule has 0 saturated heterocycles. The van der Waals surface area contributed by atoms with Crippen molar-refractivity contribution in [3.8, 4) is 0 Å². The van der Waals surface area contributed by atoms with Crippen LogP contribution >= 0.6 is 11.3 Å². The molecule has 1 heterocycles. The number of ether oxygens (including phenoxy) is 1. The minimum atomic E-state index is -0.0709. The Kier molecular flexibility index (Phi) is 5.39. The third-order valence-electron chi connectivity index (χ3n) is 4.62. The fourth-order valence-corrected chi connectivity index (χ4v) is 3.91. The predicted molar refractivity (Wildman–Crippen MR) is 81.1 cm³/mol. The van der Waals surface area contributed by atoms with Crippen molar-refractivity contribution in [3.05, 3.63) is 22.4 Å². The molecule has 0 radical (unpaired) electrons. The van der Waals surface area contributed by atoms with Gasteiger partial charge < -0.3 is 4.74 Å². The number of hydrazine groups is 1. The molecule has 1 aromatic heterocycles. The number of nitrogens with two attached hydrogens (primary N) is 1. The summed E-state index contributed by atoms with van der Waals surface area (Å²) in [6.45, 7) is 2.33. The lowest BCUT2D eigenvalue weighted by Gasteiger charge is -2.43. The first-order chi connectivity index (χ1) is 9.20. The van der Waals surface area contributed by atoms with Crippen LogP contribution in [0.15, 0.2) is 17.5 Å². The lowest BCUT2D eigenvalue weighted by atomic mass is 9.74. The van der Waals surface area contributed by atoms with E-state index in [9.17, 15) is 0 Å². The molecule has 0 bridgehead atoms. The molecule has 108 valence electrons. The fourth-order valence-electron chi connectivity index (χ4n) is 3.19. The first kappa shape index (κ1) is 15.0. The topological polar surface area (TPSA) is 47.3 Å². The van der Waals surface area contributed by atoms with Crippen LogP contribution in [-0.2, 0) is 11.2 Å². The van der Waals surface area contributed by atoms with Crippen LogP contribution in [0.3, 0.4) is 0 Å². The Morgan fingerprint density at radius 1 is 1.53 bits per heavy atom. The van der Waals surface area contributed by atoms with E-state index in [-0.39, 0.29) is 11.6 Å². The number of nitrogens with one attached hydrogen (secondary N) is 1.